The average Bonchev–Trinajstić information content (AvgIpc) is 3.03. The van der Waals surface area contributed by atoms with Crippen LogP contribution in [0.15, 0.2) is 28.8 Å². The van der Waals surface area contributed by atoms with Crippen LogP contribution in [-0.2, 0) is 12.7 Å². The molecule has 0 bridgehead atoms. The van der Waals surface area contributed by atoms with Crippen molar-refractivity contribution in [2.24, 2.45) is 0 Å². The zero-order valence-corrected chi connectivity index (χ0v) is 13.5. The number of alkyl halides is 3. The van der Waals surface area contributed by atoms with Crippen molar-refractivity contribution in [1.29, 1.82) is 0 Å². The summed E-state index contributed by atoms with van der Waals surface area (Å²) in [5.74, 6) is 0.800. The van der Waals surface area contributed by atoms with E-state index in [0.717, 1.165) is 12.1 Å². The van der Waals surface area contributed by atoms with E-state index in [1.54, 1.807) is 0 Å². The molecule has 0 spiro atoms. The summed E-state index contributed by atoms with van der Waals surface area (Å²) >= 11 is 0. The van der Waals surface area contributed by atoms with Gasteiger partial charge in [-0.25, -0.2) is 0 Å². The topological polar surface area (TPSA) is 42.2 Å². The van der Waals surface area contributed by atoms with Gasteiger partial charge in [0.2, 0.25) is 11.7 Å². The molecule has 1 aromatic heterocycles. The summed E-state index contributed by atoms with van der Waals surface area (Å²) in [6.45, 7) is 0.554. The third kappa shape index (κ3) is 3.95. The summed E-state index contributed by atoms with van der Waals surface area (Å²) in [4.78, 5) is 6.52. The molecule has 0 N–H and O–H groups in total. The van der Waals surface area contributed by atoms with E-state index in [4.69, 9.17) is 4.52 Å². The van der Waals surface area contributed by atoms with Gasteiger partial charge < -0.3 is 4.52 Å². The van der Waals surface area contributed by atoms with Crippen LogP contribution in [0.3, 0.4) is 0 Å². The summed E-state index contributed by atoms with van der Waals surface area (Å²) < 4.78 is 43.0. The fourth-order valence-corrected chi connectivity index (χ4v) is 3.11. The number of rotatable bonds is 4. The third-order valence-corrected chi connectivity index (χ3v) is 4.52. The van der Waals surface area contributed by atoms with Crippen molar-refractivity contribution in [2.45, 2.75) is 50.9 Å². The van der Waals surface area contributed by atoms with Gasteiger partial charge in [0.15, 0.2) is 0 Å². The largest absolute Gasteiger partial charge is 0.416 e. The van der Waals surface area contributed by atoms with Crippen molar-refractivity contribution in [2.75, 3.05) is 7.05 Å². The molecule has 0 radical (unpaired) electrons. The van der Waals surface area contributed by atoms with Crippen LogP contribution < -0.4 is 0 Å². The van der Waals surface area contributed by atoms with Gasteiger partial charge in [0.25, 0.3) is 0 Å². The average molecular weight is 339 g/mol. The Labute approximate surface area is 138 Å². The first kappa shape index (κ1) is 17.0. The third-order valence-electron chi connectivity index (χ3n) is 4.52. The standard InChI is InChI=1S/C17H20F3N3O/c1-23(14-5-3-2-4-6-14)11-15-21-16(22-24-15)12-7-9-13(10-8-12)17(18,19)20/h7-10,14H,2-6,11H2,1H3. The molecule has 0 aliphatic heterocycles. The highest BCUT2D eigenvalue weighted by atomic mass is 19.4. The van der Waals surface area contributed by atoms with Crippen LogP contribution in [0.1, 0.15) is 43.6 Å². The lowest BCUT2D eigenvalue weighted by molar-refractivity contribution is -0.137. The van der Waals surface area contributed by atoms with Gasteiger partial charge in [-0.15, -0.1) is 0 Å². The molecule has 0 amide bonds. The Morgan fingerprint density at radius 1 is 1.12 bits per heavy atom. The van der Waals surface area contributed by atoms with E-state index < -0.39 is 11.7 Å². The molecule has 1 aliphatic rings. The predicted octanol–water partition coefficient (Wildman–Crippen LogP) is 4.52. The fraction of sp³-hybridized carbons (Fsp3) is 0.529. The lowest BCUT2D eigenvalue weighted by Crippen LogP contribution is -2.32. The number of hydrogen-bond acceptors (Lipinski definition) is 4. The van der Waals surface area contributed by atoms with Crippen LogP contribution >= 0.6 is 0 Å². The first-order valence-electron chi connectivity index (χ1n) is 8.14. The van der Waals surface area contributed by atoms with Crippen LogP contribution in [0.25, 0.3) is 11.4 Å². The molecule has 0 atom stereocenters. The molecular weight excluding hydrogens is 319 g/mol. The summed E-state index contributed by atoms with van der Waals surface area (Å²) in [5.41, 5.74) is -0.176. The van der Waals surface area contributed by atoms with Gasteiger partial charge in [-0.05, 0) is 32.0 Å². The van der Waals surface area contributed by atoms with Gasteiger partial charge in [-0.1, -0.05) is 36.6 Å². The highest BCUT2D eigenvalue weighted by Gasteiger charge is 2.30. The summed E-state index contributed by atoms with van der Waals surface area (Å²) in [6.07, 6.45) is 1.80. The fourth-order valence-electron chi connectivity index (χ4n) is 3.11. The Hall–Kier alpha value is -1.89. The Kier molecular flexibility index (Phi) is 4.89. The summed E-state index contributed by atoms with van der Waals surface area (Å²) in [7, 11) is 2.04. The molecule has 1 fully saturated rings. The smallest absolute Gasteiger partial charge is 0.338 e. The van der Waals surface area contributed by atoms with Crippen LogP contribution in [0.2, 0.25) is 0 Å². The molecule has 0 unspecified atom stereocenters. The predicted molar refractivity (Wildman–Crippen MR) is 83.1 cm³/mol. The second kappa shape index (κ2) is 6.93. The minimum atomic E-state index is -4.34. The van der Waals surface area contributed by atoms with E-state index in [1.165, 1.54) is 44.2 Å². The van der Waals surface area contributed by atoms with E-state index >= 15 is 0 Å². The van der Waals surface area contributed by atoms with Crippen molar-refractivity contribution in [3.8, 4) is 11.4 Å². The van der Waals surface area contributed by atoms with Crippen LogP contribution in [0.5, 0.6) is 0 Å². The summed E-state index contributed by atoms with van der Waals surface area (Å²) in [5, 5.41) is 3.88. The van der Waals surface area contributed by atoms with Crippen LogP contribution in [0, 0.1) is 0 Å². The zero-order chi connectivity index (χ0) is 17.2. The molecule has 2 aromatic rings. The van der Waals surface area contributed by atoms with Crippen molar-refractivity contribution in [1.82, 2.24) is 15.0 Å². The second-order valence-corrected chi connectivity index (χ2v) is 6.29. The highest BCUT2D eigenvalue weighted by molar-refractivity contribution is 5.54. The van der Waals surface area contributed by atoms with Gasteiger partial charge in [0.05, 0.1) is 12.1 Å². The van der Waals surface area contributed by atoms with Gasteiger partial charge in [-0.3, -0.25) is 4.90 Å². The monoisotopic (exact) mass is 339 g/mol. The van der Waals surface area contributed by atoms with E-state index in [1.807, 2.05) is 7.05 Å². The lowest BCUT2D eigenvalue weighted by Gasteiger charge is -2.29. The molecule has 1 aliphatic carbocycles. The van der Waals surface area contributed by atoms with Crippen molar-refractivity contribution < 1.29 is 17.7 Å². The van der Waals surface area contributed by atoms with Crippen molar-refractivity contribution in [3.05, 3.63) is 35.7 Å². The number of halogens is 3. The number of benzene rings is 1. The first-order chi connectivity index (χ1) is 11.4. The minimum Gasteiger partial charge on any atom is -0.338 e. The molecule has 1 saturated carbocycles. The highest BCUT2D eigenvalue weighted by Crippen LogP contribution is 2.30. The molecule has 0 saturated heterocycles. The minimum absolute atomic E-state index is 0.316. The van der Waals surface area contributed by atoms with Crippen molar-refractivity contribution in [3.63, 3.8) is 0 Å². The lowest BCUT2D eigenvalue weighted by atomic mass is 9.94. The molecule has 4 nitrogen and oxygen atoms in total. The maximum Gasteiger partial charge on any atom is 0.416 e. The SMILES string of the molecule is CN(Cc1nc(-c2ccc(C(F)(F)F)cc2)no1)C1CCCCC1. The Morgan fingerprint density at radius 3 is 2.42 bits per heavy atom. The Balaban J connectivity index is 1.66. The Bertz CT molecular complexity index is 660. The van der Waals surface area contributed by atoms with E-state index in [-0.39, 0.29) is 0 Å². The van der Waals surface area contributed by atoms with Gasteiger partial charge >= 0.3 is 6.18 Å². The van der Waals surface area contributed by atoms with E-state index in [9.17, 15) is 13.2 Å². The maximum atomic E-state index is 12.6. The molecule has 130 valence electrons. The molecular formula is C17H20F3N3O. The number of nitrogens with zero attached hydrogens (tertiary/aromatic N) is 3. The molecule has 1 heterocycles. The second-order valence-electron chi connectivity index (χ2n) is 6.29. The van der Waals surface area contributed by atoms with Gasteiger partial charge in [0, 0.05) is 11.6 Å². The first-order valence-corrected chi connectivity index (χ1v) is 8.14. The number of aromatic nitrogens is 2. The summed E-state index contributed by atoms with van der Waals surface area (Å²) in [6, 6.07) is 5.31. The quantitative estimate of drug-likeness (QED) is 0.821. The Morgan fingerprint density at radius 2 is 1.79 bits per heavy atom. The van der Waals surface area contributed by atoms with Gasteiger partial charge in [0.1, 0.15) is 0 Å². The normalized spacial score (nSPS) is 16.7. The molecule has 3 rings (SSSR count). The molecule has 1 aromatic carbocycles. The zero-order valence-electron chi connectivity index (χ0n) is 13.5. The van der Waals surface area contributed by atoms with Crippen molar-refractivity contribution >= 4 is 0 Å². The van der Waals surface area contributed by atoms with Crippen LogP contribution in [-0.4, -0.2) is 28.1 Å². The van der Waals surface area contributed by atoms with Crippen LogP contribution in [0.4, 0.5) is 13.2 Å². The molecule has 7 heteroatoms. The van der Waals surface area contributed by atoms with E-state index in [0.29, 0.717) is 29.9 Å². The van der Waals surface area contributed by atoms with Gasteiger partial charge in [-0.2, -0.15) is 18.2 Å². The number of hydrogen-bond donors (Lipinski definition) is 0. The maximum absolute atomic E-state index is 12.6. The molecule has 24 heavy (non-hydrogen) atoms. The van der Waals surface area contributed by atoms with E-state index in [2.05, 4.69) is 15.0 Å².